The zero-order valence-electron chi connectivity index (χ0n) is 11.9. The van der Waals surface area contributed by atoms with Crippen LogP contribution < -0.4 is 10.5 Å². The summed E-state index contributed by atoms with van der Waals surface area (Å²) in [5, 5.41) is 0.345. The molecule has 112 valence electrons. The van der Waals surface area contributed by atoms with Crippen LogP contribution in [0.15, 0.2) is 29.3 Å². The van der Waals surface area contributed by atoms with Gasteiger partial charge >= 0.3 is 0 Å². The van der Waals surface area contributed by atoms with E-state index in [1.165, 1.54) is 6.20 Å². The molecule has 1 heterocycles. The van der Waals surface area contributed by atoms with Gasteiger partial charge in [-0.2, -0.15) is 0 Å². The maximum Gasteiger partial charge on any atom is 0.262 e. The molecule has 2 aromatic rings. The first kappa shape index (κ1) is 15.6. The van der Waals surface area contributed by atoms with Crippen molar-refractivity contribution in [2.24, 2.45) is 0 Å². The summed E-state index contributed by atoms with van der Waals surface area (Å²) in [4.78, 5) is 4.16. The van der Waals surface area contributed by atoms with Gasteiger partial charge in [0.05, 0.1) is 16.8 Å². The minimum absolute atomic E-state index is 0.226. The predicted molar refractivity (Wildman–Crippen MR) is 85.1 cm³/mol. The van der Waals surface area contributed by atoms with Crippen LogP contribution in [0.1, 0.15) is 16.7 Å². The summed E-state index contributed by atoms with van der Waals surface area (Å²) in [5.74, 6) is 0. The van der Waals surface area contributed by atoms with Crippen molar-refractivity contribution in [1.29, 1.82) is 0 Å². The maximum absolute atomic E-state index is 12.5. The fraction of sp³-hybridized carbons (Fsp3) is 0.214. The van der Waals surface area contributed by atoms with Crippen molar-refractivity contribution in [2.45, 2.75) is 25.7 Å². The second-order valence-electron chi connectivity index (χ2n) is 4.92. The lowest BCUT2D eigenvalue weighted by Crippen LogP contribution is -2.16. The second kappa shape index (κ2) is 5.54. The number of anilines is 2. The van der Waals surface area contributed by atoms with Gasteiger partial charge in [0, 0.05) is 5.69 Å². The van der Waals surface area contributed by atoms with E-state index in [0.29, 0.717) is 33.2 Å². The number of pyridine rings is 1. The van der Waals surface area contributed by atoms with Gasteiger partial charge in [0.2, 0.25) is 0 Å². The lowest BCUT2D eigenvalue weighted by atomic mass is 10.1. The first-order chi connectivity index (χ1) is 9.70. The molecule has 0 aliphatic heterocycles. The number of nitrogens with two attached hydrogens (primary N) is 1. The Morgan fingerprint density at radius 2 is 1.67 bits per heavy atom. The van der Waals surface area contributed by atoms with Gasteiger partial charge in [0.1, 0.15) is 5.15 Å². The van der Waals surface area contributed by atoms with Gasteiger partial charge in [0.25, 0.3) is 10.0 Å². The number of nitrogens with zero attached hydrogens (tertiary/aromatic N) is 1. The van der Waals surface area contributed by atoms with Crippen LogP contribution in [0.25, 0.3) is 0 Å². The SMILES string of the molecule is Cc1cc(NS(=O)(=O)c2c(C)cc(N)cc2C)cnc1Cl. The number of sulfonamides is 1. The van der Waals surface area contributed by atoms with Crippen molar-refractivity contribution < 1.29 is 8.42 Å². The second-order valence-corrected chi connectivity index (χ2v) is 6.90. The third kappa shape index (κ3) is 3.28. The first-order valence-corrected chi connectivity index (χ1v) is 8.08. The Bertz CT molecular complexity index is 781. The van der Waals surface area contributed by atoms with E-state index in [1.807, 2.05) is 0 Å². The molecule has 0 saturated carbocycles. The molecule has 0 unspecified atom stereocenters. The fourth-order valence-corrected chi connectivity index (χ4v) is 3.82. The fourth-order valence-electron chi connectivity index (χ4n) is 2.23. The monoisotopic (exact) mass is 325 g/mol. The first-order valence-electron chi connectivity index (χ1n) is 6.22. The molecule has 0 radical (unpaired) electrons. The number of hydrogen-bond donors (Lipinski definition) is 2. The van der Waals surface area contributed by atoms with E-state index >= 15 is 0 Å². The zero-order chi connectivity index (χ0) is 15.8. The molecular formula is C14H16ClN3O2S. The van der Waals surface area contributed by atoms with Gasteiger partial charge in [-0.1, -0.05) is 11.6 Å². The Kier molecular flexibility index (Phi) is 4.11. The quantitative estimate of drug-likeness (QED) is 0.671. The zero-order valence-corrected chi connectivity index (χ0v) is 13.5. The van der Waals surface area contributed by atoms with E-state index < -0.39 is 10.0 Å². The van der Waals surface area contributed by atoms with E-state index in [2.05, 4.69) is 9.71 Å². The van der Waals surface area contributed by atoms with Crippen LogP contribution >= 0.6 is 11.6 Å². The molecule has 0 spiro atoms. The third-order valence-corrected chi connectivity index (χ3v) is 5.10. The summed E-state index contributed by atoms with van der Waals surface area (Å²) in [5.41, 5.74) is 8.51. The molecule has 1 aromatic carbocycles. The van der Waals surface area contributed by atoms with Crippen molar-refractivity contribution in [1.82, 2.24) is 4.98 Å². The normalized spacial score (nSPS) is 11.4. The third-order valence-electron chi connectivity index (χ3n) is 3.02. The summed E-state index contributed by atoms with van der Waals surface area (Å²) >= 11 is 5.83. The molecule has 21 heavy (non-hydrogen) atoms. The molecule has 2 rings (SSSR count). The van der Waals surface area contributed by atoms with E-state index in [-0.39, 0.29) is 4.90 Å². The molecule has 0 bridgehead atoms. The van der Waals surface area contributed by atoms with Crippen molar-refractivity contribution in [3.63, 3.8) is 0 Å². The largest absolute Gasteiger partial charge is 0.399 e. The molecule has 0 atom stereocenters. The minimum Gasteiger partial charge on any atom is -0.399 e. The average molecular weight is 326 g/mol. The van der Waals surface area contributed by atoms with E-state index in [0.717, 1.165) is 0 Å². The van der Waals surface area contributed by atoms with Crippen LogP contribution in [0.3, 0.4) is 0 Å². The summed E-state index contributed by atoms with van der Waals surface area (Å²) in [6.45, 7) is 5.18. The van der Waals surface area contributed by atoms with Crippen molar-refractivity contribution in [3.05, 3.63) is 46.2 Å². The molecule has 0 amide bonds. The van der Waals surface area contributed by atoms with Gasteiger partial charge in [-0.3, -0.25) is 4.72 Å². The number of benzene rings is 1. The Labute approximate surface area is 129 Å². The van der Waals surface area contributed by atoms with Crippen molar-refractivity contribution in [3.8, 4) is 0 Å². The van der Waals surface area contributed by atoms with Crippen LogP contribution in [0.2, 0.25) is 5.15 Å². The van der Waals surface area contributed by atoms with Gasteiger partial charge in [0.15, 0.2) is 0 Å². The van der Waals surface area contributed by atoms with E-state index in [1.54, 1.807) is 39.0 Å². The highest BCUT2D eigenvalue weighted by molar-refractivity contribution is 7.92. The summed E-state index contributed by atoms with van der Waals surface area (Å²) in [7, 11) is -3.71. The lowest BCUT2D eigenvalue weighted by Gasteiger charge is -2.14. The number of halogens is 1. The summed E-state index contributed by atoms with van der Waals surface area (Å²) < 4.78 is 27.6. The van der Waals surface area contributed by atoms with Crippen LogP contribution in [-0.4, -0.2) is 13.4 Å². The number of aromatic nitrogens is 1. The molecule has 5 nitrogen and oxygen atoms in total. The predicted octanol–water partition coefficient (Wildman–Crippen LogP) is 3.04. The van der Waals surface area contributed by atoms with Crippen molar-refractivity contribution in [2.75, 3.05) is 10.5 Å². The molecule has 3 N–H and O–H groups in total. The smallest absolute Gasteiger partial charge is 0.262 e. The Morgan fingerprint density at radius 1 is 1.10 bits per heavy atom. The average Bonchev–Trinajstić information content (AvgIpc) is 2.31. The number of aryl methyl sites for hydroxylation is 3. The summed E-state index contributed by atoms with van der Waals surface area (Å²) in [6.07, 6.45) is 1.38. The molecule has 0 saturated heterocycles. The molecule has 7 heteroatoms. The molecular weight excluding hydrogens is 310 g/mol. The number of hydrogen-bond acceptors (Lipinski definition) is 4. The van der Waals surface area contributed by atoms with Gasteiger partial charge in [-0.05, 0) is 55.7 Å². The highest BCUT2D eigenvalue weighted by Gasteiger charge is 2.20. The molecule has 0 fully saturated rings. The number of rotatable bonds is 3. The molecule has 1 aromatic heterocycles. The minimum atomic E-state index is -3.71. The van der Waals surface area contributed by atoms with Crippen molar-refractivity contribution >= 4 is 33.0 Å². The number of nitrogens with one attached hydrogen (secondary N) is 1. The topological polar surface area (TPSA) is 85.1 Å². The standard InChI is InChI=1S/C14H16ClN3O2S/c1-8-4-11(16)5-9(2)13(8)21(19,20)18-12-6-10(3)14(15)17-7-12/h4-7,18H,16H2,1-3H3. The van der Waals surface area contributed by atoms with Gasteiger partial charge in [-0.15, -0.1) is 0 Å². The van der Waals surface area contributed by atoms with E-state index in [9.17, 15) is 8.42 Å². The Morgan fingerprint density at radius 3 is 2.19 bits per heavy atom. The molecule has 0 aliphatic rings. The van der Waals surface area contributed by atoms with E-state index in [4.69, 9.17) is 17.3 Å². The van der Waals surface area contributed by atoms with Gasteiger partial charge in [-0.25, -0.2) is 13.4 Å². The highest BCUT2D eigenvalue weighted by Crippen LogP contribution is 2.26. The Balaban J connectivity index is 2.46. The van der Waals surface area contributed by atoms with Crippen LogP contribution in [-0.2, 0) is 10.0 Å². The van der Waals surface area contributed by atoms with Crippen LogP contribution in [0.5, 0.6) is 0 Å². The van der Waals surface area contributed by atoms with Crippen LogP contribution in [0.4, 0.5) is 11.4 Å². The number of nitrogen functional groups attached to an aromatic ring is 1. The summed E-state index contributed by atoms with van der Waals surface area (Å²) in [6, 6.07) is 4.90. The van der Waals surface area contributed by atoms with Crippen LogP contribution in [0, 0.1) is 20.8 Å². The lowest BCUT2D eigenvalue weighted by molar-refractivity contribution is 0.600. The Hall–Kier alpha value is -1.79. The molecule has 0 aliphatic carbocycles. The van der Waals surface area contributed by atoms with Gasteiger partial charge < -0.3 is 5.73 Å². The maximum atomic E-state index is 12.5. The highest BCUT2D eigenvalue weighted by atomic mass is 35.5.